The van der Waals surface area contributed by atoms with Crippen molar-refractivity contribution in [1.82, 2.24) is 25.8 Å². The molecule has 10 nitrogen and oxygen atoms in total. The molecular weight excluding hydrogens is 534 g/mol. The van der Waals surface area contributed by atoms with Gasteiger partial charge in [-0.1, -0.05) is 42.5 Å². The lowest BCUT2D eigenvalue weighted by Crippen LogP contribution is -2.54. The van der Waals surface area contributed by atoms with Crippen molar-refractivity contribution in [2.75, 3.05) is 40.8 Å². The van der Waals surface area contributed by atoms with Crippen molar-refractivity contribution >= 4 is 23.6 Å². The Hall–Kier alpha value is -3.92. The standard InChI is InChI=1S/C32H43N5O5/c1-36(2)20-10-9-19-33-30(40)26-15-16-28(38)35-32(17-18-32)31(41)37(3)24(21-23-11-5-4-6-12-23)22-42-27-14-8-7-13-25(27)29(39)34-26/h4-8,11-14,24,26H,9-10,15-22H2,1-3H3,(H,33,40)(H,34,39)(H,35,38)/t24-,26-/m0/s1. The Balaban J connectivity index is 1.56. The number of benzene rings is 2. The first-order valence-corrected chi connectivity index (χ1v) is 14.8. The summed E-state index contributed by atoms with van der Waals surface area (Å²) in [7, 11) is 5.73. The van der Waals surface area contributed by atoms with Gasteiger partial charge in [0, 0.05) is 20.0 Å². The quantitative estimate of drug-likeness (QED) is 0.414. The molecule has 1 spiro atoms. The summed E-state index contributed by atoms with van der Waals surface area (Å²) in [6.07, 6.45) is 3.45. The molecule has 4 amide bonds. The van der Waals surface area contributed by atoms with E-state index in [-0.39, 0.29) is 48.8 Å². The highest BCUT2D eigenvalue weighted by Gasteiger charge is 2.53. The number of carbonyl (C=O) groups excluding carboxylic acids is 4. The number of hydrogen-bond donors (Lipinski definition) is 3. The molecule has 4 rings (SSSR count). The molecule has 0 saturated heterocycles. The minimum Gasteiger partial charge on any atom is -0.491 e. The maximum absolute atomic E-state index is 13.7. The number of fused-ring (bicyclic) bond motifs is 1. The van der Waals surface area contributed by atoms with Crippen LogP contribution in [-0.4, -0.2) is 91.9 Å². The first kappa shape index (κ1) is 31.0. The average Bonchev–Trinajstić information content (AvgIpc) is 3.76. The zero-order chi connectivity index (χ0) is 30.1. The Morgan fingerprint density at radius 3 is 2.48 bits per heavy atom. The van der Waals surface area contributed by atoms with E-state index in [0.29, 0.717) is 31.6 Å². The lowest BCUT2D eigenvalue weighted by atomic mass is 10.0. The summed E-state index contributed by atoms with van der Waals surface area (Å²) in [5.41, 5.74) is 0.373. The van der Waals surface area contributed by atoms with Crippen LogP contribution in [0, 0.1) is 0 Å². The third-order valence-electron chi connectivity index (χ3n) is 7.90. The number of ether oxygens (including phenoxy) is 1. The van der Waals surface area contributed by atoms with E-state index in [9.17, 15) is 19.2 Å². The van der Waals surface area contributed by atoms with Crippen LogP contribution in [0.5, 0.6) is 5.75 Å². The van der Waals surface area contributed by atoms with Gasteiger partial charge >= 0.3 is 0 Å². The van der Waals surface area contributed by atoms with Gasteiger partial charge in [-0.2, -0.15) is 0 Å². The van der Waals surface area contributed by atoms with Gasteiger partial charge in [-0.15, -0.1) is 0 Å². The zero-order valence-electron chi connectivity index (χ0n) is 24.9. The molecule has 1 saturated carbocycles. The lowest BCUT2D eigenvalue weighted by Gasteiger charge is -2.32. The van der Waals surface area contributed by atoms with Crippen molar-refractivity contribution < 1.29 is 23.9 Å². The Morgan fingerprint density at radius 2 is 1.76 bits per heavy atom. The van der Waals surface area contributed by atoms with Crippen LogP contribution in [-0.2, 0) is 20.8 Å². The largest absolute Gasteiger partial charge is 0.491 e. The average molecular weight is 578 g/mol. The molecule has 42 heavy (non-hydrogen) atoms. The van der Waals surface area contributed by atoms with Gasteiger partial charge in [-0.05, 0) is 76.9 Å². The Labute approximate surface area is 248 Å². The molecule has 0 aromatic heterocycles. The minimum atomic E-state index is -0.952. The van der Waals surface area contributed by atoms with Gasteiger partial charge in [-0.25, -0.2) is 0 Å². The lowest BCUT2D eigenvalue weighted by molar-refractivity contribution is -0.139. The van der Waals surface area contributed by atoms with Crippen molar-refractivity contribution in [1.29, 1.82) is 0 Å². The van der Waals surface area contributed by atoms with Gasteiger partial charge in [0.15, 0.2) is 0 Å². The minimum absolute atomic E-state index is 0.0106. The number of hydrogen-bond acceptors (Lipinski definition) is 6. The van der Waals surface area contributed by atoms with E-state index in [1.165, 1.54) is 0 Å². The second-order valence-electron chi connectivity index (χ2n) is 11.6. The predicted octanol–water partition coefficient (Wildman–Crippen LogP) is 2.13. The van der Waals surface area contributed by atoms with Crippen molar-refractivity contribution in [3.05, 3.63) is 65.7 Å². The molecule has 2 aromatic carbocycles. The van der Waals surface area contributed by atoms with E-state index in [4.69, 9.17) is 4.74 Å². The molecule has 2 atom stereocenters. The van der Waals surface area contributed by atoms with Gasteiger partial charge < -0.3 is 30.5 Å². The van der Waals surface area contributed by atoms with Crippen LogP contribution < -0.4 is 20.7 Å². The number of carbonyl (C=O) groups is 4. The molecule has 10 heteroatoms. The summed E-state index contributed by atoms with van der Waals surface area (Å²) < 4.78 is 6.21. The van der Waals surface area contributed by atoms with Crippen molar-refractivity contribution in [3.63, 3.8) is 0 Å². The maximum atomic E-state index is 13.7. The predicted molar refractivity (Wildman–Crippen MR) is 160 cm³/mol. The van der Waals surface area contributed by atoms with E-state index >= 15 is 0 Å². The fraction of sp³-hybridized carbons (Fsp3) is 0.500. The van der Waals surface area contributed by atoms with E-state index in [1.54, 1.807) is 36.2 Å². The monoisotopic (exact) mass is 577 g/mol. The molecule has 1 fully saturated rings. The number of nitrogens with one attached hydrogen (secondary N) is 3. The topological polar surface area (TPSA) is 120 Å². The Morgan fingerprint density at radius 1 is 1.05 bits per heavy atom. The van der Waals surface area contributed by atoms with Gasteiger partial charge in [0.1, 0.15) is 23.9 Å². The SMILES string of the molecule is CN(C)CCCCNC(=O)[C@@H]1CCC(=O)NC2(CC2)C(=O)N(C)[C@@H](Cc2ccccc2)COc2ccccc2C(=O)N1. The third kappa shape index (κ3) is 8.31. The van der Waals surface area contributed by atoms with Crippen LogP contribution in [0.4, 0.5) is 0 Å². The fourth-order valence-corrected chi connectivity index (χ4v) is 5.18. The molecule has 2 aromatic rings. The van der Waals surface area contributed by atoms with E-state index < -0.39 is 17.5 Å². The Kier molecular flexibility index (Phi) is 10.6. The normalized spacial score (nSPS) is 21.0. The van der Waals surface area contributed by atoms with Crippen LogP contribution in [0.3, 0.4) is 0 Å². The van der Waals surface area contributed by atoms with Crippen molar-refractivity contribution in [2.45, 2.75) is 62.6 Å². The smallest absolute Gasteiger partial charge is 0.255 e. The second kappa shape index (κ2) is 14.3. The molecule has 0 radical (unpaired) electrons. The van der Waals surface area contributed by atoms with Crippen LogP contribution in [0.15, 0.2) is 54.6 Å². The highest BCUT2D eigenvalue weighted by atomic mass is 16.5. The van der Waals surface area contributed by atoms with Gasteiger partial charge in [0.25, 0.3) is 5.91 Å². The van der Waals surface area contributed by atoms with Crippen LogP contribution >= 0.6 is 0 Å². The number of nitrogens with zero attached hydrogens (tertiary/aromatic N) is 2. The van der Waals surface area contributed by atoms with E-state index in [1.807, 2.05) is 44.4 Å². The summed E-state index contributed by atoms with van der Waals surface area (Å²) >= 11 is 0. The van der Waals surface area contributed by atoms with E-state index in [2.05, 4.69) is 20.9 Å². The molecule has 1 aliphatic carbocycles. The number of para-hydroxylation sites is 1. The summed E-state index contributed by atoms with van der Waals surface area (Å²) in [4.78, 5) is 57.1. The first-order valence-electron chi connectivity index (χ1n) is 14.8. The third-order valence-corrected chi connectivity index (χ3v) is 7.90. The molecular formula is C32H43N5O5. The second-order valence-corrected chi connectivity index (χ2v) is 11.6. The molecule has 3 N–H and O–H groups in total. The summed E-state index contributed by atoms with van der Waals surface area (Å²) in [5.74, 6) is -0.926. The van der Waals surface area contributed by atoms with Gasteiger partial charge in [0.2, 0.25) is 17.7 Å². The van der Waals surface area contributed by atoms with Crippen LogP contribution in [0.1, 0.15) is 54.4 Å². The zero-order valence-corrected chi connectivity index (χ0v) is 24.9. The van der Waals surface area contributed by atoms with Crippen LogP contribution in [0.25, 0.3) is 0 Å². The van der Waals surface area contributed by atoms with Crippen molar-refractivity contribution in [2.24, 2.45) is 0 Å². The number of likely N-dealkylation sites (N-methyl/N-ethyl adjacent to an activating group) is 1. The summed E-state index contributed by atoms with van der Waals surface area (Å²) in [5, 5.41) is 8.67. The highest BCUT2D eigenvalue weighted by Crippen LogP contribution is 2.38. The summed E-state index contributed by atoms with van der Waals surface area (Å²) in [6.45, 7) is 1.52. The maximum Gasteiger partial charge on any atom is 0.255 e. The molecule has 226 valence electrons. The Bertz CT molecular complexity index is 1250. The van der Waals surface area contributed by atoms with Gasteiger partial charge in [-0.3, -0.25) is 19.2 Å². The number of unbranched alkanes of at least 4 members (excludes halogenated alkanes) is 1. The van der Waals surface area contributed by atoms with Crippen molar-refractivity contribution in [3.8, 4) is 5.75 Å². The first-order chi connectivity index (χ1) is 20.2. The molecule has 0 bridgehead atoms. The summed E-state index contributed by atoms with van der Waals surface area (Å²) in [6, 6.07) is 15.4. The fourth-order valence-electron chi connectivity index (χ4n) is 5.18. The van der Waals surface area contributed by atoms with Gasteiger partial charge in [0.05, 0.1) is 11.6 Å². The molecule has 1 heterocycles. The molecule has 0 unspecified atom stereocenters. The van der Waals surface area contributed by atoms with Crippen LogP contribution in [0.2, 0.25) is 0 Å². The molecule has 2 aliphatic rings. The molecule has 1 aliphatic heterocycles. The number of rotatable bonds is 8. The van der Waals surface area contributed by atoms with E-state index in [0.717, 1.165) is 24.9 Å². The number of amides is 4. The highest BCUT2D eigenvalue weighted by molar-refractivity contribution is 6.00.